The van der Waals surface area contributed by atoms with E-state index in [1.54, 1.807) is 6.92 Å². The second kappa shape index (κ2) is 14.3. The summed E-state index contributed by atoms with van der Waals surface area (Å²) in [4.78, 5) is 29.8. The molecule has 2 rings (SSSR count). The van der Waals surface area contributed by atoms with Gasteiger partial charge in [0.05, 0.1) is 11.4 Å². The first-order valence-corrected chi connectivity index (χ1v) is 13.5. The number of esters is 1. The third-order valence-electron chi connectivity index (χ3n) is 6.72. The maximum absolute atomic E-state index is 12.9. The van der Waals surface area contributed by atoms with Gasteiger partial charge < -0.3 is 10.1 Å². The van der Waals surface area contributed by atoms with E-state index in [-0.39, 0.29) is 29.8 Å². The molecule has 0 aromatic heterocycles. The predicted octanol–water partition coefficient (Wildman–Crippen LogP) is 7.20. The van der Waals surface area contributed by atoms with Crippen molar-refractivity contribution in [2.45, 2.75) is 106 Å². The van der Waals surface area contributed by atoms with Crippen LogP contribution in [0.15, 0.2) is 46.5 Å². The minimum absolute atomic E-state index is 0.0594. The van der Waals surface area contributed by atoms with Crippen molar-refractivity contribution >= 4 is 23.2 Å². The van der Waals surface area contributed by atoms with Crippen molar-refractivity contribution in [1.29, 1.82) is 0 Å². The monoisotopic (exact) mass is 494 g/mol. The van der Waals surface area contributed by atoms with Gasteiger partial charge in [-0.05, 0) is 106 Å². The molecule has 1 fully saturated rings. The number of allylic oxidation sites excluding steroid dienone is 4. The lowest BCUT2D eigenvalue weighted by molar-refractivity contribution is -0.151. The molecule has 0 bridgehead atoms. The van der Waals surface area contributed by atoms with Crippen LogP contribution in [0.2, 0.25) is 0 Å². The fraction of sp³-hybridized carbons (Fsp3) is 0.581. The van der Waals surface area contributed by atoms with Crippen molar-refractivity contribution in [1.82, 2.24) is 5.32 Å². The van der Waals surface area contributed by atoms with Gasteiger partial charge in [0.15, 0.2) is 5.78 Å². The molecule has 1 aliphatic rings. The van der Waals surface area contributed by atoms with Crippen molar-refractivity contribution in [2.75, 3.05) is 0 Å². The predicted molar refractivity (Wildman–Crippen MR) is 150 cm³/mol. The molecule has 1 aromatic rings. The fourth-order valence-corrected chi connectivity index (χ4v) is 4.41. The molecule has 36 heavy (non-hydrogen) atoms. The Hall–Kier alpha value is -2.53. The number of aliphatic imine (C=N–C) groups is 1. The summed E-state index contributed by atoms with van der Waals surface area (Å²) in [6.07, 6.45) is 9.00. The van der Waals surface area contributed by atoms with Gasteiger partial charge in [-0.2, -0.15) is 0 Å². The molecule has 1 saturated carbocycles. The average molecular weight is 495 g/mol. The zero-order valence-corrected chi connectivity index (χ0v) is 23.6. The highest BCUT2D eigenvalue weighted by Crippen LogP contribution is 2.25. The van der Waals surface area contributed by atoms with Gasteiger partial charge in [0.2, 0.25) is 0 Å². The van der Waals surface area contributed by atoms with Crippen LogP contribution in [0.4, 0.5) is 5.69 Å². The van der Waals surface area contributed by atoms with Crippen molar-refractivity contribution < 1.29 is 14.3 Å². The van der Waals surface area contributed by atoms with Crippen molar-refractivity contribution in [3.05, 3.63) is 52.6 Å². The number of hydrogen-bond acceptors (Lipinski definition) is 5. The van der Waals surface area contributed by atoms with Crippen LogP contribution in [-0.2, 0) is 20.9 Å². The summed E-state index contributed by atoms with van der Waals surface area (Å²) in [5.74, 6) is 0.503. The normalized spacial score (nSPS) is 16.7. The summed E-state index contributed by atoms with van der Waals surface area (Å²) in [5, 5.41) is 3.45. The lowest BCUT2D eigenvalue weighted by Gasteiger charge is -2.22. The molecular weight excluding hydrogens is 448 g/mol. The Morgan fingerprint density at radius 2 is 1.81 bits per heavy atom. The lowest BCUT2D eigenvalue weighted by atomic mass is 9.96. The molecule has 0 heterocycles. The third kappa shape index (κ3) is 9.16. The molecule has 1 aliphatic carbocycles. The summed E-state index contributed by atoms with van der Waals surface area (Å²) in [6.45, 7) is 16.5. The summed E-state index contributed by atoms with van der Waals surface area (Å²) < 4.78 is 5.81. The zero-order valence-electron chi connectivity index (χ0n) is 23.6. The Labute approximate surface area is 218 Å². The first kappa shape index (κ1) is 29.7. The molecule has 1 aromatic carbocycles. The first-order chi connectivity index (χ1) is 17.0. The maximum Gasteiger partial charge on any atom is 0.323 e. The van der Waals surface area contributed by atoms with Gasteiger partial charge >= 0.3 is 5.97 Å². The minimum Gasteiger partial charge on any atom is -0.461 e. The highest BCUT2D eigenvalue weighted by atomic mass is 16.5. The van der Waals surface area contributed by atoms with Crippen LogP contribution in [0.3, 0.4) is 0 Å². The highest BCUT2D eigenvalue weighted by molar-refractivity contribution is 6.07. The molecule has 198 valence electrons. The molecule has 1 unspecified atom stereocenters. The van der Waals surface area contributed by atoms with Crippen LogP contribution in [0.25, 0.3) is 0 Å². The number of nitrogens with one attached hydrogen (secondary N) is 1. The van der Waals surface area contributed by atoms with E-state index in [1.807, 2.05) is 26.0 Å². The number of ether oxygens (including phenoxy) is 1. The molecule has 1 atom stereocenters. The number of ketones is 1. The summed E-state index contributed by atoms with van der Waals surface area (Å²) in [6, 6.07) is 5.93. The summed E-state index contributed by atoms with van der Waals surface area (Å²) in [5.41, 5.74) is 5.68. The lowest BCUT2D eigenvalue weighted by Crippen LogP contribution is -2.40. The number of nitrogens with zero attached hydrogens (tertiary/aromatic N) is 1. The second-order valence-corrected chi connectivity index (χ2v) is 10.8. The van der Waals surface area contributed by atoms with Crippen LogP contribution < -0.4 is 5.32 Å². The van der Waals surface area contributed by atoms with Crippen LogP contribution in [0.5, 0.6) is 0 Å². The maximum atomic E-state index is 12.9. The Morgan fingerprint density at radius 1 is 1.14 bits per heavy atom. The number of hydrogen-bond donors (Lipinski definition) is 1. The van der Waals surface area contributed by atoms with Crippen LogP contribution in [-0.4, -0.2) is 29.6 Å². The highest BCUT2D eigenvalue weighted by Gasteiger charge is 2.26. The molecule has 0 aliphatic heterocycles. The largest absolute Gasteiger partial charge is 0.461 e. The van der Waals surface area contributed by atoms with E-state index in [4.69, 9.17) is 9.73 Å². The average Bonchev–Trinajstić information content (AvgIpc) is 3.32. The van der Waals surface area contributed by atoms with Gasteiger partial charge in [0.1, 0.15) is 12.1 Å². The summed E-state index contributed by atoms with van der Waals surface area (Å²) >= 11 is 0. The third-order valence-corrected chi connectivity index (χ3v) is 6.72. The molecule has 0 saturated heterocycles. The van der Waals surface area contributed by atoms with Crippen molar-refractivity contribution in [3.8, 4) is 0 Å². The molecule has 5 heteroatoms. The number of aryl methyl sites for hydroxylation is 1. The minimum atomic E-state index is -0.320. The van der Waals surface area contributed by atoms with Crippen molar-refractivity contribution in [3.63, 3.8) is 0 Å². The van der Waals surface area contributed by atoms with E-state index in [9.17, 15) is 9.59 Å². The van der Waals surface area contributed by atoms with E-state index in [1.165, 1.54) is 0 Å². The molecule has 5 nitrogen and oxygen atoms in total. The van der Waals surface area contributed by atoms with Gasteiger partial charge in [-0.3, -0.25) is 14.6 Å². The molecular formula is C31H46N2O3. The van der Waals surface area contributed by atoms with E-state index >= 15 is 0 Å². The molecule has 0 radical (unpaired) electrons. The fourth-order valence-electron chi connectivity index (χ4n) is 4.41. The quantitative estimate of drug-likeness (QED) is 0.144. The Morgan fingerprint density at radius 3 is 2.36 bits per heavy atom. The van der Waals surface area contributed by atoms with Crippen LogP contribution in [0.1, 0.15) is 91.7 Å². The number of carbonyl (C=O) groups is 2. The topological polar surface area (TPSA) is 67.8 Å². The standard InChI is InChI=1S/C31H46N2O3/c1-9-26(17-23(7)24(8)34)30(21(4)5)33-28-18-25(15-14-22(28)6)19-32-29(16-20(2)3)31(35)36-27-12-10-11-13-27/h9,14-15,17-18,20-21,27,29,32H,10-13,16,19H2,1-8H3/b23-17-,26-9+,33-30?. The van der Waals surface area contributed by atoms with Gasteiger partial charge in [-0.15, -0.1) is 0 Å². The van der Waals surface area contributed by atoms with Gasteiger partial charge in [-0.25, -0.2) is 0 Å². The van der Waals surface area contributed by atoms with E-state index in [2.05, 4.69) is 58.1 Å². The van der Waals surface area contributed by atoms with Crippen LogP contribution >= 0.6 is 0 Å². The first-order valence-electron chi connectivity index (χ1n) is 13.5. The Kier molecular flexibility index (Phi) is 11.8. The number of Topliss-reactive ketones (excluding diaryl/α,β-unsaturated/α-hetero) is 1. The molecule has 0 amide bonds. The van der Waals surface area contributed by atoms with Gasteiger partial charge in [0, 0.05) is 6.54 Å². The van der Waals surface area contributed by atoms with E-state index < -0.39 is 0 Å². The van der Waals surface area contributed by atoms with Crippen molar-refractivity contribution in [2.24, 2.45) is 16.8 Å². The van der Waals surface area contributed by atoms with Gasteiger partial charge in [0.25, 0.3) is 0 Å². The Balaban J connectivity index is 2.25. The second-order valence-electron chi connectivity index (χ2n) is 10.8. The number of rotatable bonds is 12. The number of carbonyl (C=O) groups excluding carboxylic acids is 2. The molecule has 0 spiro atoms. The zero-order chi connectivity index (χ0) is 26.8. The Bertz CT molecular complexity index is 995. The smallest absolute Gasteiger partial charge is 0.323 e. The summed E-state index contributed by atoms with van der Waals surface area (Å²) in [7, 11) is 0. The SMILES string of the molecule is C/C=C(\C=C(\C)C(C)=O)C(=Nc1cc(CNC(CC(C)C)C(=O)OC2CCCC2)ccc1C)C(C)C. The van der Waals surface area contributed by atoms with Gasteiger partial charge in [-0.1, -0.05) is 45.9 Å². The molecule has 1 N–H and O–H groups in total. The van der Waals surface area contributed by atoms with E-state index in [0.717, 1.165) is 60.2 Å². The van der Waals surface area contributed by atoms with Crippen LogP contribution in [0, 0.1) is 18.8 Å². The number of benzene rings is 1. The van der Waals surface area contributed by atoms with E-state index in [0.29, 0.717) is 18.0 Å².